The SMILES string of the molecule is Cc1ccc(S(=O)(=O)N2C/C=C\CN(S(=O)(=O)c3ccc(C)cc3)[C@H]3CC=CC[C@H]32)cc1. The summed E-state index contributed by atoms with van der Waals surface area (Å²) in [6.07, 6.45) is 8.31. The van der Waals surface area contributed by atoms with Gasteiger partial charge in [0.2, 0.25) is 20.0 Å². The minimum absolute atomic E-state index is 0.212. The van der Waals surface area contributed by atoms with Crippen molar-refractivity contribution in [3.63, 3.8) is 0 Å². The summed E-state index contributed by atoms with van der Waals surface area (Å²) in [6.45, 7) is 4.24. The van der Waals surface area contributed by atoms with Gasteiger partial charge in [-0.2, -0.15) is 8.61 Å². The Hall–Kier alpha value is -2.26. The normalized spacial score (nSPS) is 23.8. The largest absolute Gasteiger partial charge is 0.243 e. The van der Waals surface area contributed by atoms with E-state index in [1.54, 1.807) is 60.7 Å². The van der Waals surface area contributed by atoms with Crippen LogP contribution in [0.4, 0.5) is 0 Å². The average Bonchev–Trinajstić information content (AvgIpc) is 2.75. The molecule has 1 heterocycles. The molecule has 0 saturated heterocycles. The first-order valence-electron chi connectivity index (χ1n) is 10.7. The van der Waals surface area contributed by atoms with Crippen LogP contribution in [0.15, 0.2) is 82.6 Å². The molecular weight excluding hydrogens is 444 g/mol. The van der Waals surface area contributed by atoms with E-state index in [9.17, 15) is 16.8 Å². The monoisotopic (exact) mass is 472 g/mol. The van der Waals surface area contributed by atoms with Crippen LogP contribution in [0.5, 0.6) is 0 Å². The topological polar surface area (TPSA) is 74.8 Å². The third-order valence-corrected chi connectivity index (χ3v) is 9.91. The fourth-order valence-electron chi connectivity index (χ4n) is 4.28. The van der Waals surface area contributed by atoms with Gasteiger partial charge in [-0.15, -0.1) is 0 Å². The first-order valence-corrected chi connectivity index (χ1v) is 13.6. The fraction of sp³-hybridized carbons (Fsp3) is 0.333. The Labute approximate surface area is 191 Å². The van der Waals surface area contributed by atoms with Crippen molar-refractivity contribution in [1.29, 1.82) is 0 Å². The van der Waals surface area contributed by atoms with Crippen molar-refractivity contribution in [3.05, 3.63) is 84.0 Å². The Balaban J connectivity index is 1.76. The summed E-state index contributed by atoms with van der Waals surface area (Å²) >= 11 is 0. The van der Waals surface area contributed by atoms with E-state index in [0.29, 0.717) is 12.8 Å². The zero-order valence-corrected chi connectivity index (χ0v) is 19.9. The second kappa shape index (κ2) is 8.94. The second-order valence-electron chi connectivity index (χ2n) is 8.32. The lowest BCUT2D eigenvalue weighted by atomic mass is 9.95. The standard InChI is InChI=1S/C24H28N2O4S2/c1-19-9-13-21(14-10-19)31(27,28)25-17-5-6-18-26(24-8-4-3-7-23(24)25)32(29,30)22-15-11-20(2)12-16-22/h3-6,9-16,23-24H,7-8,17-18H2,1-2H3/b6-5-/t23-,24+. The molecule has 4 rings (SSSR count). The number of hydrogen-bond acceptors (Lipinski definition) is 4. The van der Waals surface area contributed by atoms with Crippen LogP contribution in [-0.4, -0.2) is 50.6 Å². The van der Waals surface area contributed by atoms with E-state index in [1.165, 1.54) is 8.61 Å². The van der Waals surface area contributed by atoms with Crippen LogP contribution < -0.4 is 0 Å². The van der Waals surface area contributed by atoms with Gasteiger partial charge in [-0.05, 0) is 51.0 Å². The van der Waals surface area contributed by atoms with Crippen molar-refractivity contribution < 1.29 is 16.8 Å². The molecule has 0 radical (unpaired) electrons. The highest BCUT2D eigenvalue weighted by Gasteiger charge is 2.42. The molecule has 1 aliphatic carbocycles. The summed E-state index contributed by atoms with van der Waals surface area (Å²) in [5.41, 5.74) is 1.95. The molecule has 0 fully saturated rings. The maximum Gasteiger partial charge on any atom is 0.243 e. The van der Waals surface area contributed by atoms with Crippen LogP contribution in [-0.2, 0) is 20.0 Å². The number of aryl methyl sites for hydroxylation is 2. The Bertz CT molecular complexity index is 1130. The molecule has 0 spiro atoms. The van der Waals surface area contributed by atoms with Gasteiger partial charge >= 0.3 is 0 Å². The van der Waals surface area contributed by atoms with Crippen molar-refractivity contribution in [2.24, 2.45) is 0 Å². The molecule has 0 N–H and O–H groups in total. The van der Waals surface area contributed by atoms with Gasteiger partial charge in [0.25, 0.3) is 0 Å². The molecule has 0 unspecified atom stereocenters. The van der Waals surface area contributed by atoms with Gasteiger partial charge in [0.15, 0.2) is 0 Å². The Morgan fingerprint density at radius 3 is 1.28 bits per heavy atom. The van der Waals surface area contributed by atoms with E-state index >= 15 is 0 Å². The van der Waals surface area contributed by atoms with Gasteiger partial charge in [-0.1, -0.05) is 59.7 Å². The Morgan fingerprint density at radius 2 is 0.938 bits per heavy atom. The average molecular weight is 473 g/mol. The van der Waals surface area contributed by atoms with Crippen LogP contribution in [0.3, 0.4) is 0 Å². The van der Waals surface area contributed by atoms with Crippen molar-refractivity contribution in [2.75, 3.05) is 13.1 Å². The molecule has 6 nitrogen and oxygen atoms in total. The molecule has 8 heteroatoms. The van der Waals surface area contributed by atoms with Crippen molar-refractivity contribution in [1.82, 2.24) is 8.61 Å². The lowest BCUT2D eigenvalue weighted by Crippen LogP contribution is -2.56. The number of rotatable bonds is 4. The van der Waals surface area contributed by atoms with Gasteiger partial charge in [-0.25, -0.2) is 16.8 Å². The third-order valence-electron chi connectivity index (χ3n) is 6.10. The number of nitrogens with zero attached hydrogens (tertiary/aromatic N) is 2. The highest BCUT2D eigenvalue weighted by atomic mass is 32.2. The van der Waals surface area contributed by atoms with Crippen LogP contribution in [0.2, 0.25) is 0 Å². The Morgan fingerprint density at radius 1 is 0.594 bits per heavy atom. The summed E-state index contributed by atoms with van der Waals surface area (Å²) in [4.78, 5) is 0.441. The molecule has 32 heavy (non-hydrogen) atoms. The molecule has 2 aliphatic rings. The van der Waals surface area contributed by atoms with Gasteiger partial charge in [0.05, 0.1) is 9.79 Å². The van der Waals surface area contributed by atoms with E-state index in [-0.39, 0.29) is 22.9 Å². The Kier molecular flexibility index (Phi) is 6.40. The number of fused-ring (bicyclic) bond motifs is 1. The van der Waals surface area contributed by atoms with E-state index < -0.39 is 32.1 Å². The molecule has 2 atom stereocenters. The zero-order valence-electron chi connectivity index (χ0n) is 18.3. The van der Waals surface area contributed by atoms with Crippen molar-refractivity contribution >= 4 is 20.0 Å². The highest BCUT2D eigenvalue weighted by molar-refractivity contribution is 7.89. The maximum absolute atomic E-state index is 13.6. The first-order chi connectivity index (χ1) is 15.2. The summed E-state index contributed by atoms with van der Waals surface area (Å²) in [5.74, 6) is 0. The van der Waals surface area contributed by atoms with Crippen molar-refractivity contribution in [3.8, 4) is 0 Å². The van der Waals surface area contributed by atoms with Crippen LogP contribution in [0, 0.1) is 13.8 Å². The summed E-state index contributed by atoms with van der Waals surface area (Å²) in [6, 6.07) is 12.6. The third kappa shape index (κ3) is 4.32. The predicted molar refractivity (Wildman–Crippen MR) is 125 cm³/mol. The lowest BCUT2D eigenvalue weighted by Gasteiger charge is -2.42. The van der Waals surface area contributed by atoms with Gasteiger partial charge in [-0.3, -0.25) is 0 Å². The smallest absolute Gasteiger partial charge is 0.207 e. The van der Waals surface area contributed by atoms with Crippen LogP contribution in [0.25, 0.3) is 0 Å². The maximum atomic E-state index is 13.6. The fourth-order valence-corrected chi connectivity index (χ4v) is 7.51. The molecule has 0 amide bonds. The summed E-state index contributed by atoms with van der Waals surface area (Å²) in [7, 11) is -7.60. The van der Waals surface area contributed by atoms with Gasteiger partial charge in [0.1, 0.15) is 0 Å². The van der Waals surface area contributed by atoms with E-state index in [2.05, 4.69) is 0 Å². The minimum atomic E-state index is -3.80. The summed E-state index contributed by atoms with van der Waals surface area (Å²) in [5, 5.41) is 0. The first kappa shape index (κ1) is 22.9. The van der Waals surface area contributed by atoms with E-state index in [1.807, 2.05) is 26.0 Å². The van der Waals surface area contributed by atoms with Crippen molar-refractivity contribution in [2.45, 2.75) is 48.6 Å². The van der Waals surface area contributed by atoms with Crippen LogP contribution in [0.1, 0.15) is 24.0 Å². The summed E-state index contributed by atoms with van der Waals surface area (Å²) < 4.78 is 57.2. The van der Waals surface area contributed by atoms with E-state index in [4.69, 9.17) is 0 Å². The van der Waals surface area contributed by atoms with Gasteiger partial charge < -0.3 is 0 Å². The predicted octanol–water partition coefficient (Wildman–Crippen LogP) is 3.64. The molecule has 0 bridgehead atoms. The number of hydrogen-bond donors (Lipinski definition) is 0. The number of benzene rings is 2. The molecule has 1 aliphatic heterocycles. The molecule has 2 aromatic carbocycles. The zero-order chi connectivity index (χ0) is 22.9. The molecule has 170 valence electrons. The molecule has 0 aromatic heterocycles. The highest BCUT2D eigenvalue weighted by Crippen LogP contribution is 2.32. The van der Waals surface area contributed by atoms with E-state index in [0.717, 1.165) is 11.1 Å². The number of sulfonamides is 2. The minimum Gasteiger partial charge on any atom is -0.207 e. The molecule has 0 saturated carbocycles. The van der Waals surface area contributed by atoms with Gasteiger partial charge in [0, 0.05) is 25.2 Å². The lowest BCUT2D eigenvalue weighted by molar-refractivity contribution is 0.196. The molecular formula is C24H28N2O4S2. The van der Waals surface area contributed by atoms with Crippen LogP contribution >= 0.6 is 0 Å². The second-order valence-corrected chi connectivity index (χ2v) is 12.1. The quantitative estimate of drug-likeness (QED) is 0.637. The molecule has 2 aromatic rings.